The van der Waals surface area contributed by atoms with E-state index in [0.717, 1.165) is 10.7 Å². The molecule has 0 saturated carbocycles. The van der Waals surface area contributed by atoms with Crippen molar-refractivity contribution in [3.63, 3.8) is 0 Å². The standard InChI is InChI=1S/C12H23N3O2S2/c1-8(11-9(2)14-10(3)18-11)13-7-12(4,5)15-19(6,16)17/h8,13,15H,7H2,1-6H3. The summed E-state index contributed by atoms with van der Waals surface area (Å²) in [6, 6.07) is 0.159. The van der Waals surface area contributed by atoms with Gasteiger partial charge in [0.05, 0.1) is 17.0 Å². The maximum atomic E-state index is 11.3. The molecule has 0 spiro atoms. The van der Waals surface area contributed by atoms with Crippen molar-refractivity contribution in [2.75, 3.05) is 12.8 Å². The molecule has 2 N–H and O–H groups in total. The Kier molecular flexibility index (Phi) is 5.11. The van der Waals surface area contributed by atoms with Crippen molar-refractivity contribution < 1.29 is 8.42 Å². The fourth-order valence-electron chi connectivity index (χ4n) is 1.99. The van der Waals surface area contributed by atoms with Crippen LogP contribution in [0.25, 0.3) is 0 Å². The monoisotopic (exact) mass is 305 g/mol. The lowest BCUT2D eigenvalue weighted by Gasteiger charge is -2.27. The maximum absolute atomic E-state index is 11.3. The molecule has 0 aromatic carbocycles. The van der Waals surface area contributed by atoms with Crippen LogP contribution in [-0.4, -0.2) is 31.7 Å². The van der Waals surface area contributed by atoms with E-state index in [1.54, 1.807) is 11.3 Å². The topological polar surface area (TPSA) is 71.1 Å². The molecular weight excluding hydrogens is 282 g/mol. The Morgan fingerprint density at radius 3 is 2.37 bits per heavy atom. The van der Waals surface area contributed by atoms with E-state index in [1.807, 2.05) is 27.7 Å². The first kappa shape index (κ1) is 16.6. The van der Waals surface area contributed by atoms with Crippen molar-refractivity contribution in [3.8, 4) is 0 Å². The van der Waals surface area contributed by atoms with Gasteiger partial charge in [0.25, 0.3) is 0 Å². The summed E-state index contributed by atoms with van der Waals surface area (Å²) in [6.07, 6.45) is 1.18. The van der Waals surface area contributed by atoms with E-state index in [4.69, 9.17) is 0 Å². The second-order valence-electron chi connectivity index (χ2n) is 5.54. The zero-order chi connectivity index (χ0) is 14.8. The van der Waals surface area contributed by atoms with Crippen LogP contribution in [0.4, 0.5) is 0 Å². The molecule has 19 heavy (non-hydrogen) atoms. The fourth-order valence-corrected chi connectivity index (χ4v) is 4.02. The zero-order valence-corrected chi connectivity index (χ0v) is 14.0. The van der Waals surface area contributed by atoms with Crippen molar-refractivity contribution in [1.29, 1.82) is 0 Å². The summed E-state index contributed by atoms with van der Waals surface area (Å²) in [5.41, 5.74) is 0.520. The lowest BCUT2D eigenvalue weighted by molar-refractivity contribution is 0.400. The van der Waals surface area contributed by atoms with Crippen molar-refractivity contribution in [2.24, 2.45) is 0 Å². The normalized spacial score (nSPS) is 14.6. The van der Waals surface area contributed by atoms with E-state index < -0.39 is 15.6 Å². The number of hydrogen-bond donors (Lipinski definition) is 2. The van der Waals surface area contributed by atoms with Gasteiger partial charge >= 0.3 is 0 Å². The van der Waals surface area contributed by atoms with Crippen LogP contribution in [0.15, 0.2) is 0 Å². The molecule has 0 radical (unpaired) electrons. The van der Waals surface area contributed by atoms with Crippen LogP contribution in [-0.2, 0) is 10.0 Å². The Bertz CT molecular complexity index is 535. The number of thiazole rings is 1. The largest absolute Gasteiger partial charge is 0.308 e. The second-order valence-corrected chi connectivity index (χ2v) is 8.53. The van der Waals surface area contributed by atoms with Gasteiger partial charge in [-0.1, -0.05) is 0 Å². The number of rotatable bonds is 6. The number of hydrogen-bond acceptors (Lipinski definition) is 5. The minimum atomic E-state index is -3.20. The van der Waals surface area contributed by atoms with Gasteiger partial charge in [-0.2, -0.15) is 0 Å². The van der Waals surface area contributed by atoms with Gasteiger partial charge in [-0.15, -0.1) is 11.3 Å². The van der Waals surface area contributed by atoms with E-state index in [9.17, 15) is 8.42 Å². The third-order valence-corrected chi connectivity index (χ3v) is 4.82. The number of aromatic nitrogens is 1. The maximum Gasteiger partial charge on any atom is 0.209 e. The molecule has 1 aromatic rings. The molecular formula is C12H23N3O2S2. The molecule has 7 heteroatoms. The SMILES string of the molecule is Cc1nc(C)c(C(C)NCC(C)(C)NS(C)(=O)=O)s1. The average molecular weight is 305 g/mol. The minimum Gasteiger partial charge on any atom is -0.308 e. The molecule has 1 atom stereocenters. The highest BCUT2D eigenvalue weighted by atomic mass is 32.2. The summed E-state index contributed by atoms with van der Waals surface area (Å²) in [4.78, 5) is 5.60. The number of nitrogens with zero attached hydrogens (tertiary/aromatic N) is 1. The van der Waals surface area contributed by atoms with Gasteiger partial charge < -0.3 is 5.32 Å². The van der Waals surface area contributed by atoms with Gasteiger partial charge in [0, 0.05) is 23.0 Å². The highest BCUT2D eigenvalue weighted by Crippen LogP contribution is 2.24. The summed E-state index contributed by atoms with van der Waals surface area (Å²) >= 11 is 1.67. The number of nitrogens with one attached hydrogen (secondary N) is 2. The van der Waals surface area contributed by atoms with Gasteiger partial charge in [-0.05, 0) is 34.6 Å². The van der Waals surface area contributed by atoms with Crippen molar-refractivity contribution in [2.45, 2.75) is 46.2 Å². The molecule has 110 valence electrons. The predicted octanol–water partition coefficient (Wildman–Crippen LogP) is 1.74. The van der Waals surface area contributed by atoms with Gasteiger partial charge in [-0.3, -0.25) is 0 Å². The lowest BCUT2D eigenvalue weighted by atomic mass is 10.1. The first-order valence-electron chi connectivity index (χ1n) is 6.16. The Balaban J connectivity index is 2.64. The molecule has 0 aliphatic rings. The highest BCUT2D eigenvalue weighted by Gasteiger charge is 2.23. The molecule has 1 heterocycles. The predicted molar refractivity (Wildman–Crippen MR) is 80.1 cm³/mol. The van der Waals surface area contributed by atoms with Crippen LogP contribution in [0, 0.1) is 13.8 Å². The fraction of sp³-hybridized carbons (Fsp3) is 0.750. The summed E-state index contributed by atoms with van der Waals surface area (Å²) in [5.74, 6) is 0. The third kappa shape index (κ3) is 5.56. The highest BCUT2D eigenvalue weighted by molar-refractivity contribution is 7.88. The van der Waals surface area contributed by atoms with E-state index >= 15 is 0 Å². The van der Waals surface area contributed by atoms with E-state index in [-0.39, 0.29) is 6.04 Å². The Labute approximate surface area is 119 Å². The molecule has 0 bridgehead atoms. The third-order valence-electron chi connectivity index (χ3n) is 2.64. The van der Waals surface area contributed by atoms with E-state index in [0.29, 0.717) is 6.54 Å². The smallest absolute Gasteiger partial charge is 0.209 e. The first-order chi connectivity index (χ1) is 8.50. The van der Waals surface area contributed by atoms with E-state index in [1.165, 1.54) is 11.1 Å². The van der Waals surface area contributed by atoms with Gasteiger partial charge in [0.1, 0.15) is 0 Å². The summed E-state index contributed by atoms with van der Waals surface area (Å²) < 4.78 is 25.2. The van der Waals surface area contributed by atoms with Crippen LogP contribution in [0.1, 0.15) is 42.4 Å². The molecule has 5 nitrogen and oxygen atoms in total. The molecule has 0 aliphatic carbocycles. The van der Waals surface area contributed by atoms with Crippen LogP contribution >= 0.6 is 11.3 Å². The van der Waals surface area contributed by atoms with Crippen LogP contribution in [0.3, 0.4) is 0 Å². The Morgan fingerprint density at radius 1 is 1.37 bits per heavy atom. The second kappa shape index (κ2) is 5.87. The van der Waals surface area contributed by atoms with Crippen molar-refractivity contribution in [3.05, 3.63) is 15.6 Å². The molecule has 0 fully saturated rings. The van der Waals surface area contributed by atoms with Crippen LogP contribution < -0.4 is 10.0 Å². The zero-order valence-electron chi connectivity index (χ0n) is 12.4. The quantitative estimate of drug-likeness (QED) is 0.840. The Morgan fingerprint density at radius 2 is 1.95 bits per heavy atom. The van der Waals surface area contributed by atoms with Crippen LogP contribution in [0.2, 0.25) is 0 Å². The number of sulfonamides is 1. The van der Waals surface area contributed by atoms with Gasteiger partial charge in [-0.25, -0.2) is 18.1 Å². The summed E-state index contributed by atoms with van der Waals surface area (Å²) in [6.45, 7) is 10.3. The van der Waals surface area contributed by atoms with Gasteiger partial charge in [0.15, 0.2) is 0 Å². The Hall–Kier alpha value is -0.500. The average Bonchev–Trinajstić information content (AvgIpc) is 2.51. The number of aryl methyl sites for hydroxylation is 2. The molecule has 0 aliphatic heterocycles. The van der Waals surface area contributed by atoms with Crippen LogP contribution in [0.5, 0.6) is 0 Å². The molecule has 1 rings (SSSR count). The summed E-state index contributed by atoms with van der Waals surface area (Å²) in [5, 5.41) is 4.41. The molecule has 0 amide bonds. The first-order valence-corrected chi connectivity index (χ1v) is 8.87. The van der Waals surface area contributed by atoms with E-state index in [2.05, 4.69) is 21.9 Å². The van der Waals surface area contributed by atoms with Gasteiger partial charge in [0.2, 0.25) is 10.0 Å². The molecule has 1 unspecified atom stereocenters. The van der Waals surface area contributed by atoms with Crippen molar-refractivity contribution in [1.82, 2.24) is 15.0 Å². The summed E-state index contributed by atoms with van der Waals surface area (Å²) in [7, 11) is -3.20. The lowest BCUT2D eigenvalue weighted by Crippen LogP contribution is -2.50. The minimum absolute atomic E-state index is 0.159. The molecule has 1 aromatic heterocycles. The molecule has 0 saturated heterocycles. The van der Waals surface area contributed by atoms with Crippen molar-refractivity contribution >= 4 is 21.4 Å².